The van der Waals surface area contributed by atoms with Crippen LogP contribution < -0.4 is 0 Å². The zero-order valence-electron chi connectivity index (χ0n) is 5.13. The number of aliphatic hydroxyl groups excluding tert-OH is 1. The van der Waals surface area contributed by atoms with Crippen LogP contribution >= 0.6 is 0 Å². The highest BCUT2D eigenvalue weighted by Crippen LogP contribution is 2.07. The Hall–Kier alpha value is -0.800. The van der Waals surface area contributed by atoms with Crippen molar-refractivity contribution in [2.75, 3.05) is 0 Å². The van der Waals surface area contributed by atoms with Gasteiger partial charge in [-0.2, -0.15) is 0 Å². The summed E-state index contributed by atoms with van der Waals surface area (Å²) in [5.74, 6) is 0. The summed E-state index contributed by atoms with van der Waals surface area (Å²) in [5.41, 5.74) is 1.37. The Morgan fingerprint density at radius 3 is 2.33 bits per heavy atom. The summed E-state index contributed by atoms with van der Waals surface area (Å²) in [6, 6.07) is 3.43. The van der Waals surface area contributed by atoms with Crippen molar-refractivity contribution in [1.82, 2.24) is 4.98 Å². The lowest BCUT2D eigenvalue weighted by Gasteiger charge is -1.96. The number of hydrogen-bond acceptors (Lipinski definition) is 2. The van der Waals surface area contributed by atoms with E-state index in [0.717, 1.165) is 5.69 Å². The molecule has 0 unspecified atom stereocenters. The summed E-state index contributed by atoms with van der Waals surface area (Å²) < 4.78 is 0. The van der Waals surface area contributed by atoms with Crippen molar-refractivity contribution < 1.29 is 10.2 Å². The summed E-state index contributed by atoms with van der Waals surface area (Å²) in [7, 11) is 0. The van der Waals surface area contributed by atoms with E-state index in [1.807, 2.05) is 6.92 Å². The highest BCUT2D eigenvalue weighted by atomic mass is 16.5. The van der Waals surface area contributed by atoms with Gasteiger partial charge in [-0.3, -0.25) is 0 Å². The van der Waals surface area contributed by atoms with Gasteiger partial charge in [-0.1, -0.05) is 0 Å². The Kier molecular flexibility index (Phi) is 1.55. The van der Waals surface area contributed by atoms with Gasteiger partial charge in [-0.15, -0.1) is 0 Å². The Labute approximate surface area is 53.0 Å². The van der Waals surface area contributed by atoms with Crippen molar-refractivity contribution in [3.63, 3.8) is 0 Å². The van der Waals surface area contributed by atoms with E-state index in [1.54, 1.807) is 12.1 Å². The summed E-state index contributed by atoms with van der Waals surface area (Å²) in [5, 5.41) is 17.1. The van der Waals surface area contributed by atoms with Crippen LogP contribution in [-0.4, -0.2) is 15.2 Å². The molecule has 0 aromatic carbocycles. The molecular formula is C6H9NO2. The SMILES string of the molecule is Cc1ccc(C(O)O)[nH]1. The first-order chi connectivity index (χ1) is 4.20. The highest BCUT2D eigenvalue weighted by molar-refractivity contribution is 5.11. The van der Waals surface area contributed by atoms with Gasteiger partial charge in [0.25, 0.3) is 0 Å². The third-order valence-electron chi connectivity index (χ3n) is 1.13. The molecule has 0 radical (unpaired) electrons. The van der Waals surface area contributed by atoms with Crippen molar-refractivity contribution >= 4 is 0 Å². The summed E-state index contributed by atoms with van der Waals surface area (Å²) >= 11 is 0. The molecule has 9 heavy (non-hydrogen) atoms. The van der Waals surface area contributed by atoms with E-state index in [-0.39, 0.29) is 0 Å². The highest BCUT2D eigenvalue weighted by Gasteiger charge is 2.01. The van der Waals surface area contributed by atoms with Gasteiger partial charge in [-0.25, -0.2) is 0 Å². The number of hydrogen-bond donors (Lipinski definition) is 3. The van der Waals surface area contributed by atoms with Crippen molar-refractivity contribution in [3.8, 4) is 0 Å². The molecule has 3 heteroatoms. The molecule has 1 aromatic heterocycles. The van der Waals surface area contributed by atoms with Gasteiger partial charge in [0, 0.05) is 5.69 Å². The van der Waals surface area contributed by atoms with Gasteiger partial charge in [-0.05, 0) is 19.1 Å². The quantitative estimate of drug-likeness (QED) is 0.475. The molecular weight excluding hydrogens is 118 g/mol. The third kappa shape index (κ3) is 1.31. The molecule has 0 aliphatic rings. The Morgan fingerprint density at radius 2 is 2.11 bits per heavy atom. The van der Waals surface area contributed by atoms with Crippen LogP contribution in [0, 0.1) is 6.92 Å². The molecule has 0 atom stereocenters. The second-order valence-electron chi connectivity index (χ2n) is 1.97. The van der Waals surface area contributed by atoms with Gasteiger partial charge < -0.3 is 15.2 Å². The van der Waals surface area contributed by atoms with Crippen molar-refractivity contribution in [1.29, 1.82) is 0 Å². The van der Waals surface area contributed by atoms with Crippen molar-refractivity contribution in [2.45, 2.75) is 13.2 Å². The lowest BCUT2D eigenvalue weighted by atomic mass is 10.4. The van der Waals surface area contributed by atoms with E-state index >= 15 is 0 Å². The standard InChI is InChI=1S/C6H9NO2/c1-4-2-3-5(7-4)6(8)9/h2-3,6-9H,1H3. The molecule has 0 spiro atoms. The second-order valence-corrected chi connectivity index (χ2v) is 1.97. The number of rotatable bonds is 1. The van der Waals surface area contributed by atoms with Gasteiger partial charge in [0.2, 0.25) is 0 Å². The Bertz CT molecular complexity index is 193. The summed E-state index contributed by atoms with van der Waals surface area (Å²) in [6.45, 7) is 1.85. The Balaban J connectivity index is 2.85. The van der Waals surface area contributed by atoms with Crippen LogP contribution in [-0.2, 0) is 0 Å². The first kappa shape index (κ1) is 6.32. The van der Waals surface area contributed by atoms with E-state index in [2.05, 4.69) is 4.98 Å². The number of aryl methyl sites for hydroxylation is 1. The average molecular weight is 127 g/mol. The number of nitrogens with one attached hydrogen (secondary N) is 1. The van der Waals surface area contributed by atoms with Crippen LogP contribution in [0.2, 0.25) is 0 Å². The predicted octanol–water partition coefficient (Wildman–Crippen LogP) is 0.306. The molecule has 50 valence electrons. The molecule has 0 saturated heterocycles. The summed E-state index contributed by atoms with van der Waals surface area (Å²) in [6.07, 6.45) is -1.38. The topological polar surface area (TPSA) is 56.2 Å². The molecule has 0 fully saturated rings. The normalized spacial score (nSPS) is 10.7. The number of aromatic amines is 1. The minimum Gasteiger partial charge on any atom is -0.363 e. The molecule has 1 aromatic rings. The smallest absolute Gasteiger partial charge is 0.193 e. The van der Waals surface area contributed by atoms with E-state index in [0.29, 0.717) is 5.69 Å². The lowest BCUT2D eigenvalue weighted by Crippen LogP contribution is -1.93. The van der Waals surface area contributed by atoms with Gasteiger partial charge in [0.1, 0.15) is 0 Å². The fourth-order valence-corrected chi connectivity index (χ4v) is 0.676. The molecule has 0 amide bonds. The fourth-order valence-electron chi connectivity index (χ4n) is 0.676. The maximum absolute atomic E-state index is 8.56. The molecule has 0 saturated carbocycles. The molecule has 1 heterocycles. The van der Waals surface area contributed by atoms with Gasteiger partial charge >= 0.3 is 0 Å². The van der Waals surface area contributed by atoms with Crippen molar-refractivity contribution in [2.24, 2.45) is 0 Å². The van der Waals surface area contributed by atoms with Crippen LogP contribution in [0.4, 0.5) is 0 Å². The number of aliphatic hydroxyl groups is 2. The van der Waals surface area contributed by atoms with Gasteiger partial charge in [0.05, 0.1) is 5.69 Å². The maximum Gasteiger partial charge on any atom is 0.193 e. The van der Waals surface area contributed by atoms with E-state index in [4.69, 9.17) is 10.2 Å². The first-order valence-electron chi connectivity index (χ1n) is 2.72. The average Bonchev–Trinajstić information content (AvgIpc) is 2.14. The van der Waals surface area contributed by atoms with E-state index in [9.17, 15) is 0 Å². The van der Waals surface area contributed by atoms with Crippen LogP contribution in [0.3, 0.4) is 0 Å². The lowest BCUT2D eigenvalue weighted by molar-refractivity contribution is -0.0455. The first-order valence-corrected chi connectivity index (χ1v) is 2.72. The molecule has 0 aliphatic carbocycles. The zero-order chi connectivity index (χ0) is 6.85. The van der Waals surface area contributed by atoms with Crippen LogP contribution in [0.25, 0.3) is 0 Å². The largest absolute Gasteiger partial charge is 0.363 e. The number of H-pyrrole nitrogens is 1. The zero-order valence-corrected chi connectivity index (χ0v) is 5.13. The summed E-state index contributed by atoms with van der Waals surface area (Å²) in [4.78, 5) is 2.78. The minimum atomic E-state index is -1.38. The maximum atomic E-state index is 8.56. The predicted molar refractivity (Wildman–Crippen MR) is 32.7 cm³/mol. The second kappa shape index (κ2) is 2.21. The van der Waals surface area contributed by atoms with Crippen LogP contribution in [0.15, 0.2) is 12.1 Å². The molecule has 0 aliphatic heterocycles. The van der Waals surface area contributed by atoms with Crippen LogP contribution in [0.1, 0.15) is 17.7 Å². The number of aromatic nitrogens is 1. The van der Waals surface area contributed by atoms with Crippen LogP contribution in [0.5, 0.6) is 0 Å². The molecule has 0 bridgehead atoms. The van der Waals surface area contributed by atoms with E-state index < -0.39 is 6.29 Å². The third-order valence-corrected chi connectivity index (χ3v) is 1.13. The molecule has 3 nitrogen and oxygen atoms in total. The molecule has 1 rings (SSSR count). The van der Waals surface area contributed by atoms with E-state index in [1.165, 1.54) is 0 Å². The van der Waals surface area contributed by atoms with Gasteiger partial charge in [0.15, 0.2) is 6.29 Å². The van der Waals surface area contributed by atoms with Crippen molar-refractivity contribution in [3.05, 3.63) is 23.5 Å². The minimum absolute atomic E-state index is 0.438. The fraction of sp³-hybridized carbons (Fsp3) is 0.333. The molecule has 3 N–H and O–H groups in total. The Morgan fingerprint density at radius 1 is 1.44 bits per heavy atom. The monoisotopic (exact) mass is 127 g/mol.